The van der Waals surface area contributed by atoms with E-state index in [1.807, 2.05) is 18.2 Å². The molecule has 0 aliphatic carbocycles. The van der Waals surface area contributed by atoms with Crippen LogP contribution in [0.15, 0.2) is 47.9 Å². The van der Waals surface area contributed by atoms with E-state index in [4.69, 9.17) is 5.11 Å². The van der Waals surface area contributed by atoms with Crippen molar-refractivity contribution in [1.29, 1.82) is 0 Å². The lowest BCUT2D eigenvalue weighted by atomic mass is 10.1. The largest absolute Gasteiger partial charge is 0.478 e. The molecule has 0 bridgehead atoms. The Kier molecular flexibility index (Phi) is 3.72. The van der Waals surface area contributed by atoms with Gasteiger partial charge in [0.25, 0.3) is 0 Å². The molecule has 1 aromatic carbocycles. The minimum Gasteiger partial charge on any atom is -0.478 e. The van der Waals surface area contributed by atoms with E-state index in [1.54, 1.807) is 30.1 Å². The molecule has 0 atom stereocenters. The van der Waals surface area contributed by atoms with Crippen molar-refractivity contribution >= 4 is 17.7 Å². The van der Waals surface area contributed by atoms with Crippen LogP contribution in [-0.2, 0) is 5.75 Å². The van der Waals surface area contributed by atoms with Crippen molar-refractivity contribution in [3.63, 3.8) is 0 Å². The SMILES string of the molecule is O=C(O)c1ccc(CSc2ccncn2)cc1. The van der Waals surface area contributed by atoms with Crippen LogP contribution >= 0.6 is 11.8 Å². The van der Waals surface area contributed by atoms with Gasteiger partial charge in [-0.25, -0.2) is 14.8 Å². The van der Waals surface area contributed by atoms with E-state index in [9.17, 15) is 4.79 Å². The second kappa shape index (κ2) is 5.45. The van der Waals surface area contributed by atoms with Crippen LogP contribution in [0, 0.1) is 0 Å². The van der Waals surface area contributed by atoms with Gasteiger partial charge in [0.05, 0.1) is 10.6 Å². The summed E-state index contributed by atoms with van der Waals surface area (Å²) in [6.07, 6.45) is 3.21. The molecule has 0 amide bonds. The van der Waals surface area contributed by atoms with Crippen LogP contribution in [0.3, 0.4) is 0 Å². The molecule has 0 unspecified atom stereocenters. The predicted molar refractivity (Wildman–Crippen MR) is 65.0 cm³/mol. The standard InChI is InChI=1S/C12H10N2O2S/c15-12(16)10-3-1-9(2-4-10)7-17-11-5-6-13-8-14-11/h1-6,8H,7H2,(H,15,16). The zero-order valence-electron chi connectivity index (χ0n) is 8.91. The molecule has 2 aromatic rings. The number of thioether (sulfide) groups is 1. The third-order valence-electron chi connectivity index (χ3n) is 2.14. The first-order chi connectivity index (χ1) is 8.25. The number of aromatic nitrogens is 2. The van der Waals surface area contributed by atoms with Crippen LogP contribution in [0.5, 0.6) is 0 Å². The fourth-order valence-corrected chi connectivity index (χ4v) is 2.05. The topological polar surface area (TPSA) is 63.1 Å². The van der Waals surface area contributed by atoms with Gasteiger partial charge >= 0.3 is 5.97 Å². The number of hydrogen-bond acceptors (Lipinski definition) is 4. The third kappa shape index (κ3) is 3.29. The molecule has 1 N–H and O–H groups in total. The average Bonchev–Trinajstić information content (AvgIpc) is 2.38. The second-order valence-corrected chi connectivity index (χ2v) is 4.33. The molecule has 0 saturated heterocycles. The van der Waals surface area contributed by atoms with Crippen LogP contribution in [0.25, 0.3) is 0 Å². The summed E-state index contributed by atoms with van der Waals surface area (Å²) in [5, 5.41) is 9.67. The van der Waals surface area contributed by atoms with Crippen molar-refractivity contribution in [1.82, 2.24) is 9.97 Å². The molecule has 2 rings (SSSR count). The number of carbonyl (C=O) groups is 1. The van der Waals surface area contributed by atoms with Crippen LogP contribution in [-0.4, -0.2) is 21.0 Å². The van der Waals surface area contributed by atoms with Crippen molar-refractivity contribution in [3.05, 3.63) is 54.0 Å². The zero-order valence-corrected chi connectivity index (χ0v) is 9.72. The highest BCUT2D eigenvalue weighted by molar-refractivity contribution is 7.98. The summed E-state index contributed by atoms with van der Waals surface area (Å²) in [5.74, 6) is -0.142. The first kappa shape index (κ1) is 11.6. The van der Waals surface area contributed by atoms with Gasteiger partial charge in [0.2, 0.25) is 0 Å². The maximum Gasteiger partial charge on any atom is 0.335 e. The molecule has 86 valence electrons. The molecule has 0 aliphatic heterocycles. The molecule has 0 spiro atoms. The molecule has 1 aromatic heterocycles. The van der Waals surface area contributed by atoms with Crippen molar-refractivity contribution in [2.75, 3.05) is 0 Å². The Morgan fingerprint density at radius 3 is 2.59 bits per heavy atom. The fraction of sp³-hybridized carbons (Fsp3) is 0.0833. The smallest absolute Gasteiger partial charge is 0.335 e. The minimum absolute atomic E-state index is 0.306. The minimum atomic E-state index is -0.903. The van der Waals surface area contributed by atoms with Gasteiger partial charge in [-0.2, -0.15) is 0 Å². The third-order valence-corrected chi connectivity index (χ3v) is 3.16. The quantitative estimate of drug-likeness (QED) is 0.663. The molecule has 5 heteroatoms. The van der Waals surface area contributed by atoms with Crippen molar-refractivity contribution in [2.24, 2.45) is 0 Å². The molecule has 17 heavy (non-hydrogen) atoms. The van der Waals surface area contributed by atoms with Gasteiger partial charge in [0.1, 0.15) is 6.33 Å². The molecular weight excluding hydrogens is 236 g/mol. The predicted octanol–water partition coefficient (Wildman–Crippen LogP) is 2.47. The molecule has 0 radical (unpaired) electrons. The normalized spacial score (nSPS) is 10.1. The number of aromatic carboxylic acids is 1. The summed E-state index contributed by atoms with van der Waals surface area (Å²) in [5.41, 5.74) is 1.37. The van der Waals surface area contributed by atoms with Gasteiger partial charge in [-0.3, -0.25) is 0 Å². The first-order valence-corrected chi connectivity index (χ1v) is 5.95. The van der Waals surface area contributed by atoms with E-state index in [2.05, 4.69) is 9.97 Å². The molecule has 0 saturated carbocycles. The highest BCUT2D eigenvalue weighted by Crippen LogP contribution is 2.19. The Bertz CT molecular complexity index is 500. The maximum absolute atomic E-state index is 10.7. The number of hydrogen-bond donors (Lipinski definition) is 1. The Hall–Kier alpha value is -1.88. The summed E-state index contributed by atoms with van der Waals surface area (Å²) in [6.45, 7) is 0. The number of carboxylic acids is 1. The van der Waals surface area contributed by atoms with E-state index in [-0.39, 0.29) is 0 Å². The highest BCUT2D eigenvalue weighted by Gasteiger charge is 2.02. The van der Waals surface area contributed by atoms with Crippen LogP contribution < -0.4 is 0 Å². The van der Waals surface area contributed by atoms with Crippen LogP contribution in [0.4, 0.5) is 0 Å². The van der Waals surface area contributed by atoms with E-state index < -0.39 is 5.97 Å². The van der Waals surface area contributed by atoms with Gasteiger partial charge in [-0.05, 0) is 23.8 Å². The Labute approximate surface area is 103 Å². The summed E-state index contributed by atoms with van der Waals surface area (Å²) < 4.78 is 0. The highest BCUT2D eigenvalue weighted by atomic mass is 32.2. The number of nitrogens with zero attached hydrogens (tertiary/aromatic N) is 2. The molecule has 1 heterocycles. The lowest BCUT2D eigenvalue weighted by Crippen LogP contribution is -1.95. The second-order valence-electron chi connectivity index (χ2n) is 3.34. The van der Waals surface area contributed by atoms with E-state index in [0.717, 1.165) is 16.3 Å². The van der Waals surface area contributed by atoms with E-state index in [1.165, 1.54) is 6.33 Å². The van der Waals surface area contributed by atoms with Crippen LogP contribution in [0.1, 0.15) is 15.9 Å². The lowest BCUT2D eigenvalue weighted by molar-refractivity contribution is 0.0697. The van der Waals surface area contributed by atoms with Gasteiger partial charge in [0, 0.05) is 11.9 Å². The van der Waals surface area contributed by atoms with Crippen LogP contribution in [0.2, 0.25) is 0 Å². The van der Waals surface area contributed by atoms with Crippen molar-refractivity contribution in [3.8, 4) is 0 Å². The summed E-state index contributed by atoms with van der Waals surface area (Å²) in [6, 6.07) is 8.70. The monoisotopic (exact) mass is 246 g/mol. The lowest BCUT2D eigenvalue weighted by Gasteiger charge is -2.01. The summed E-state index contributed by atoms with van der Waals surface area (Å²) in [7, 11) is 0. The molecular formula is C12H10N2O2S. The maximum atomic E-state index is 10.7. The Morgan fingerprint density at radius 1 is 1.24 bits per heavy atom. The molecule has 0 aliphatic rings. The van der Waals surface area contributed by atoms with Gasteiger partial charge in [0.15, 0.2) is 0 Å². The molecule has 0 fully saturated rings. The number of carboxylic acid groups (broad SMARTS) is 1. The number of rotatable bonds is 4. The van der Waals surface area contributed by atoms with Gasteiger partial charge in [-0.1, -0.05) is 12.1 Å². The van der Waals surface area contributed by atoms with E-state index in [0.29, 0.717) is 5.56 Å². The van der Waals surface area contributed by atoms with Gasteiger partial charge < -0.3 is 5.11 Å². The fourth-order valence-electron chi connectivity index (χ4n) is 1.26. The number of benzene rings is 1. The summed E-state index contributed by atoms with van der Waals surface area (Å²) in [4.78, 5) is 18.6. The Balaban J connectivity index is 1.98. The summed E-state index contributed by atoms with van der Waals surface area (Å²) >= 11 is 1.59. The Morgan fingerprint density at radius 2 is 2.00 bits per heavy atom. The average molecular weight is 246 g/mol. The molecule has 4 nitrogen and oxygen atoms in total. The van der Waals surface area contributed by atoms with Crippen molar-refractivity contribution < 1.29 is 9.90 Å². The van der Waals surface area contributed by atoms with Gasteiger partial charge in [-0.15, -0.1) is 11.8 Å². The zero-order chi connectivity index (χ0) is 12.1. The first-order valence-electron chi connectivity index (χ1n) is 4.97. The van der Waals surface area contributed by atoms with Crippen molar-refractivity contribution in [2.45, 2.75) is 10.8 Å². The van der Waals surface area contributed by atoms with E-state index >= 15 is 0 Å².